The summed E-state index contributed by atoms with van der Waals surface area (Å²) in [6.07, 6.45) is 1.25. The van der Waals surface area contributed by atoms with E-state index in [2.05, 4.69) is 20.5 Å². The maximum Gasteiger partial charge on any atom is 0.335 e. The fourth-order valence-electron chi connectivity index (χ4n) is 1.66. The van der Waals surface area contributed by atoms with Crippen LogP contribution in [-0.4, -0.2) is 27.3 Å². The fraction of sp³-hybridized carbons (Fsp3) is 0.0769. The Morgan fingerprint density at radius 1 is 1.33 bits per heavy atom. The van der Waals surface area contributed by atoms with E-state index in [1.165, 1.54) is 18.3 Å². The molecule has 0 saturated heterocycles. The van der Waals surface area contributed by atoms with Gasteiger partial charge in [0.05, 0.1) is 23.0 Å². The number of hydrazone groups is 1. The molecule has 4 N–H and O–H groups in total. The normalized spacial score (nSPS) is 10.7. The number of benzene rings is 1. The second-order valence-corrected chi connectivity index (χ2v) is 4.20. The van der Waals surface area contributed by atoms with Crippen molar-refractivity contribution in [2.45, 2.75) is 6.92 Å². The minimum atomic E-state index is -1.05. The van der Waals surface area contributed by atoms with Crippen molar-refractivity contribution in [2.75, 3.05) is 5.43 Å². The van der Waals surface area contributed by atoms with Gasteiger partial charge in [-0.25, -0.2) is 9.59 Å². The summed E-state index contributed by atoms with van der Waals surface area (Å²) in [5, 5.41) is 12.7. The number of aromatic nitrogens is 2. The molecule has 8 nitrogen and oxygen atoms in total. The van der Waals surface area contributed by atoms with Gasteiger partial charge in [-0.05, 0) is 25.1 Å². The number of carboxylic acids is 1. The Kier molecular flexibility index (Phi) is 3.98. The van der Waals surface area contributed by atoms with Gasteiger partial charge in [0.2, 0.25) is 0 Å². The Morgan fingerprint density at radius 2 is 2.10 bits per heavy atom. The van der Waals surface area contributed by atoms with Gasteiger partial charge in [0.15, 0.2) is 0 Å². The number of rotatable bonds is 4. The van der Waals surface area contributed by atoms with Crippen molar-refractivity contribution < 1.29 is 9.90 Å². The van der Waals surface area contributed by atoms with Crippen LogP contribution in [0.5, 0.6) is 0 Å². The quantitative estimate of drug-likeness (QED) is 0.481. The lowest BCUT2D eigenvalue weighted by Crippen LogP contribution is -2.26. The highest BCUT2D eigenvalue weighted by Gasteiger charge is 2.04. The minimum absolute atomic E-state index is 0.119. The summed E-state index contributed by atoms with van der Waals surface area (Å²) < 4.78 is 0. The zero-order valence-corrected chi connectivity index (χ0v) is 11.0. The third-order valence-corrected chi connectivity index (χ3v) is 2.67. The van der Waals surface area contributed by atoms with Crippen LogP contribution in [0.2, 0.25) is 0 Å². The highest BCUT2D eigenvalue weighted by Crippen LogP contribution is 2.10. The van der Waals surface area contributed by atoms with E-state index in [1.54, 1.807) is 19.1 Å². The van der Waals surface area contributed by atoms with Gasteiger partial charge in [0.25, 0.3) is 5.56 Å². The van der Waals surface area contributed by atoms with E-state index in [0.29, 0.717) is 11.4 Å². The van der Waals surface area contributed by atoms with Gasteiger partial charge in [-0.2, -0.15) is 5.10 Å². The maximum absolute atomic E-state index is 11.6. The van der Waals surface area contributed by atoms with Crippen LogP contribution >= 0.6 is 0 Å². The number of carbonyl (C=O) groups is 1. The molecule has 0 aliphatic heterocycles. The molecule has 108 valence electrons. The molecule has 2 aromatic rings. The third kappa shape index (κ3) is 3.44. The molecule has 21 heavy (non-hydrogen) atoms. The first kappa shape index (κ1) is 14.3. The molecule has 1 aromatic carbocycles. The maximum atomic E-state index is 11.6. The number of hydrogen-bond acceptors (Lipinski definition) is 5. The predicted octanol–water partition coefficient (Wildman–Crippen LogP) is 0.516. The molecule has 0 bridgehead atoms. The second-order valence-electron chi connectivity index (χ2n) is 4.20. The summed E-state index contributed by atoms with van der Waals surface area (Å²) in [6.45, 7) is 1.57. The average molecular weight is 288 g/mol. The Labute approximate surface area is 118 Å². The van der Waals surface area contributed by atoms with E-state index < -0.39 is 17.2 Å². The summed E-state index contributed by atoms with van der Waals surface area (Å²) in [6, 6.07) is 6.06. The third-order valence-electron chi connectivity index (χ3n) is 2.67. The van der Waals surface area contributed by atoms with E-state index in [0.717, 1.165) is 0 Å². The first-order chi connectivity index (χ1) is 9.97. The molecule has 0 aliphatic rings. The minimum Gasteiger partial charge on any atom is -0.478 e. The molecule has 0 saturated carbocycles. The number of hydrogen-bond donors (Lipinski definition) is 4. The fourth-order valence-corrected chi connectivity index (χ4v) is 1.66. The van der Waals surface area contributed by atoms with Crippen LogP contribution in [0.1, 0.15) is 21.6 Å². The highest BCUT2D eigenvalue weighted by atomic mass is 16.4. The van der Waals surface area contributed by atoms with E-state index >= 15 is 0 Å². The lowest BCUT2D eigenvalue weighted by atomic mass is 10.2. The van der Waals surface area contributed by atoms with Crippen molar-refractivity contribution in [3.8, 4) is 0 Å². The molecule has 0 fully saturated rings. The lowest BCUT2D eigenvalue weighted by Gasteiger charge is -2.02. The molecule has 0 unspecified atom stereocenters. The number of nitrogens with one attached hydrogen (secondary N) is 3. The first-order valence-corrected chi connectivity index (χ1v) is 5.93. The second kappa shape index (κ2) is 5.87. The summed E-state index contributed by atoms with van der Waals surface area (Å²) in [5.41, 5.74) is 2.65. The van der Waals surface area contributed by atoms with Crippen molar-refractivity contribution in [1.29, 1.82) is 0 Å². The van der Waals surface area contributed by atoms with Crippen molar-refractivity contribution in [1.82, 2.24) is 9.97 Å². The van der Waals surface area contributed by atoms with Crippen molar-refractivity contribution >= 4 is 17.9 Å². The van der Waals surface area contributed by atoms with Crippen LogP contribution in [0.25, 0.3) is 0 Å². The average Bonchev–Trinajstić information content (AvgIpc) is 2.42. The molecule has 1 aromatic heterocycles. The topological polar surface area (TPSA) is 127 Å². The Hall–Kier alpha value is -3.16. The van der Waals surface area contributed by atoms with Crippen LogP contribution in [-0.2, 0) is 0 Å². The monoisotopic (exact) mass is 288 g/mol. The van der Waals surface area contributed by atoms with E-state index in [-0.39, 0.29) is 11.1 Å². The van der Waals surface area contributed by atoms with Gasteiger partial charge in [0, 0.05) is 5.69 Å². The van der Waals surface area contributed by atoms with Gasteiger partial charge >= 0.3 is 11.7 Å². The van der Waals surface area contributed by atoms with Gasteiger partial charge in [-0.1, -0.05) is 6.07 Å². The summed E-state index contributed by atoms with van der Waals surface area (Å²) >= 11 is 0. The number of aromatic carboxylic acids is 1. The van der Waals surface area contributed by atoms with E-state index in [4.69, 9.17) is 5.11 Å². The van der Waals surface area contributed by atoms with Gasteiger partial charge in [0.1, 0.15) is 0 Å². The predicted molar refractivity (Wildman–Crippen MR) is 77.0 cm³/mol. The van der Waals surface area contributed by atoms with Crippen LogP contribution < -0.4 is 16.7 Å². The number of anilines is 1. The smallest absolute Gasteiger partial charge is 0.335 e. The number of aromatic amines is 2. The largest absolute Gasteiger partial charge is 0.478 e. The zero-order valence-electron chi connectivity index (χ0n) is 11.0. The number of H-pyrrole nitrogens is 2. The number of nitrogens with zero attached hydrogens (tertiary/aromatic N) is 1. The van der Waals surface area contributed by atoms with Gasteiger partial charge in [-0.3, -0.25) is 15.2 Å². The number of aryl methyl sites for hydroxylation is 1. The molecule has 1 heterocycles. The molecule has 8 heteroatoms. The SMILES string of the molecule is Cc1[nH]c(=O)[nH]c(=O)c1C=NNc1cccc(C(=O)O)c1. The molecule has 0 atom stereocenters. The molecular weight excluding hydrogens is 276 g/mol. The van der Waals surface area contributed by atoms with Gasteiger partial charge in [-0.15, -0.1) is 0 Å². The van der Waals surface area contributed by atoms with E-state index in [1.807, 2.05) is 0 Å². The van der Waals surface area contributed by atoms with Crippen molar-refractivity contribution in [3.63, 3.8) is 0 Å². The molecule has 0 amide bonds. The Morgan fingerprint density at radius 3 is 2.76 bits per heavy atom. The van der Waals surface area contributed by atoms with Crippen LogP contribution in [0.4, 0.5) is 5.69 Å². The van der Waals surface area contributed by atoms with Crippen molar-refractivity contribution in [2.24, 2.45) is 5.10 Å². The van der Waals surface area contributed by atoms with E-state index in [9.17, 15) is 14.4 Å². The summed E-state index contributed by atoms with van der Waals surface area (Å²) in [7, 11) is 0. The standard InChI is InChI=1S/C13H12N4O4/c1-7-10(11(18)16-13(21)15-7)6-14-17-9-4-2-3-8(5-9)12(19)20/h2-6,17H,1H3,(H,19,20)(H2,15,16,18,21). The van der Waals surface area contributed by atoms with Crippen LogP contribution in [0.3, 0.4) is 0 Å². The van der Waals surface area contributed by atoms with Crippen LogP contribution in [0, 0.1) is 6.92 Å². The summed E-state index contributed by atoms with van der Waals surface area (Å²) in [5.74, 6) is -1.05. The Balaban J connectivity index is 2.20. The van der Waals surface area contributed by atoms with Crippen LogP contribution in [0.15, 0.2) is 39.0 Å². The molecule has 2 rings (SSSR count). The molecule has 0 radical (unpaired) electrons. The molecular formula is C13H12N4O4. The highest BCUT2D eigenvalue weighted by molar-refractivity contribution is 5.88. The van der Waals surface area contributed by atoms with Gasteiger partial charge < -0.3 is 10.1 Å². The zero-order chi connectivity index (χ0) is 15.4. The van der Waals surface area contributed by atoms with Crippen molar-refractivity contribution in [3.05, 3.63) is 61.9 Å². The molecule has 0 spiro atoms. The first-order valence-electron chi connectivity index (χ1n) is 5.93. The molecule has 0 aliphatic carbocycles. The summed E-state index contributed by atoms with van der Waals surface area (Å²) in [4.78, 5) is 38.0. The number of carboxylic acid groups (broad SMARTS) is 1. The lowest BCUT2D eigenvalue weighted by molar-refractivity contribution is 0.0697. The Bertz CT molecular complexity index is 819.